The third-order valence-electron chi connectivity index (χ3n) is 6.41. The lowest BCUT2D eigenvalue weighted by Gasteiger charge is -2.38. The van der Waals surface area contributed by atoms with E-state index in [1.54, 1.807) is 34.4 Å². The molecule has 0 N–H and O–H groups in total. The number of halogens is 2. The summed E-state index contributed by atoms with van der Waals surface area (Å²) >= 11 is 1.63. The zero-order valence-electron chi connectivity index (χ0n) is 19.7. The Kier molecular flexibility index (Phi) is 7.80. The molecule has 0 radical (unpaired) electrons. The number of carbonyl (C=O) groups is 2. The highest BCUT2D eigenvalue weighted by molar-refractivity contribution is 7.10. The molecule has 0 fully saturated rings. The quantitative estimate of drug-likeness (QED) is 0.414. The minimum absolute atomic E-state index is 0.0506. The largest absolute Gasteiger partial charge is 0.491 e. The summed E-state index contributed by atoms with van der Waals surface area (Å²) in [5.74, 6) is -1.37. The van der Waals surface area contributed by atoms with E-state index in [4.69, 9.17) is 4.74 Å². The van der Waals surface area contributed by atoms with Gasteiger partial charge in [-0.1, -0.05) is 25.1 Å². The molecule has 5 nitrogen and oxygen atoms in total. The Labute approximate surface area is 207 Å². The standard InChI is InChI=1S/C27H28F2N2O3S/c1-3-18(2)31(27(33)21-9-4-5-10-23(21)29)16-26(32)30-13-11-25-22(12-14-35-25)24(30)17-34-20-8-6-7-19(28)15-20/h4-10,12,14-15,18,24H,3,11,13,16-17H2,1-2H3/t18-,24-/m0/s1. The van der Waals surface area contributed by atoms with E-state index in [-0.39, 0.29) is 36.7 Å². The van der Waals surface area contributed by atoms with Gasteiger partial charge in [-0.2, -0.15) is 0 Å². The minimum Gasteiger partial charge on any atom is -0.491 e. The number of benzene rings is 2. The van der Waals surface area contributed by atoms with E-state index in [2.05, 4.69) is 0 Å². The van der Waals surface area contributed by atoms with Gasteiger partial charge in [0.1, 0.15) is 30.5 Å². The fourth-order valence-electron chi connectivity index (χ4n) is 4.28. The predicted octanol–water partition coefficient (Wildman–Crippen LogP) is 5.47. The third kappa shape index (κ3) is 5.53. The van der Waals surface area contributed by atoms with Crippen molar-refractivity contribution in [1.82, 2.24) is 9.80 Å². The smallest absolute Gasteiger partial charge is 0.257 e. The van der Waals surface area contributed by atoms with Gasteiger partial charge in [0.15, 0.2) is 0 Å². The Morgan fingerprint density at radius 1 is 1.17 bits per heavy atom. The van der Waals surface area contributed by atoms with Crippen molar-refractivity contribution in [2.75, 3.05) is 19.7 Å². The lowest BCUT2D eigenvalue weighted by molar-refractivity contribution is -0.136. The van der Waals surface area contributed by atoms with Gasteiger partial charge in [0.25, 0.3) is 5.91 Å². The monoisotopic (exact) mass is 498 g/mol. The minimum atomic E-state index is -0.611. The summed E-state index contributed by atoms with van der Waals surface area (Å²) < 4.78 is 33.9. The average molecular weight is 499 g/mol. The van der Waals surface area contributed by atoms with Gasteiger partial charge in [0, 0.05) is 23.5 Å². The molecule has 1 aliphatic heterocycles. The van der Waals surface area contributed by atoms with Crippen LogP contribution in [0.1, 0.15) is 47.1 Å². The summed E-state index contributed by atoms with van der Waals surface area (Å²) in [5, 5.41) is 1.99. The van der Waals surface area contributed by atoms with Crippen LogP contribution in [0.5, 0.6) is 5.75 Å². The molecule has 35 heavy (non-hydrogen) atoms. The first-order valence-electron chi connectivity index (χ1n) is 11.7. The van der Waals surface area contributed by atoms with Crippen molar-refractivity contribution >= 4 is 23.2 Å². The molecule has 1 aliphatic rings. The molecule has 8 heteroatoms. The van der Waals surface area contributed by atoms with Crippen LogP contribution in [0, 0.1) is 11.6 Å². The molecule has 2 aromatic carbocycles. The van der Waals surface area contributed by atoms with Crippen LogP contribution in [0.25, 0.3) is 0 Å². The number of thiophene rings is 1. The molecule has 0 saturated carbocycles. The van der Waals surface area contributed by atoms with E-state index in [1.165, 1.54) is 40.1 Å². The van der Waals surface area contributed by atoms with Crippen LogP contribution in [-0.4, -0.2) is 47.4 Å². The molecule has 0 unspecified atom stereocenters. The van der Waals surface area contributed by atoms with Gasteiger partial charge in [-0.25, -0.2) is 8.78 Å². The molecule has 2 heterocycles. The van der Waals surface area contributed by atoms with Crippen LogP contribution in [-0.2, 0) is 11.2 Å². The van der Waals surface area contributed by atoms with Gasteiger partial charge in [0.05, 0.1) is 11.6 Å². The predicted molar refractivity (Wildman–Crippen MR) is 132 cm³/mol. The number of carbonyl (C=O) groups excluding carboxylic acids is 2. The summed E-state index contributed by atoms with van der Waals surface area (Å²) in [7, 11) is 0. The summed E-state index contributed by atoms with van der Waals surface area (Å²) in [6.45, 7) is 4.24. The summed E-state index contributed by atoms with van der Waals surface area (Å²) in [4.78, 5) is 31.1. The highest BCUT2D eigenvalue weighted by atomic mass is 32.1. The SMILES string of the molecule is CC[C@H](C)N(CC(=O)N1CCc2sccc2[C@@H]1COc1cccc(F)c1)C(=O)c1ccccc1F. The van der Waals surface area contributed by atoms with Crippen LogP contribution in [0.2, 0.25) is 0 Å². The Balaban J connectivity index is 1.56. The summed E-state index contributed by atoms with van der Waals surface area (Å²) in [6, 6.07) is 13.1. The van der Waals surface area contributed by atoms with Gasteiger partial charge >= 0.3 is 0 Å². The number of hydrogen-bond donors (Lipinski definition) is 0. The summed E-state index contributed by atoms with van der Waals surface area (Å²) in [6.07, 6.45) is 1.33. The van der Waals surface area contributed by atoms with Gasteiger partial charge in [-0.15, -0.1) is 11.3 Å². The average Bonchev–Trinajstić information content (AvgIpc) is 3.34. The highest BCUT2D eigenvalue weighted by Gasteiger charge is 2.34. The number of nitrogens with zero attached hydrogens (tertiary/aromatic N) is 2. The maximum absolute atomic E-state index is 14.4. The van der Waals surface area contributed by atoms with Crippen LogP contribution in [0.4, 0.5) is 8.78 Å². The Bertz CT molecular complexity index is 1200. The Morgan fingerprint density at radius 3 is 2.71 bits per heavy atom. The lowest BCUT2D eigenvalue weighted by atomic mass is 10.00. The van der Waals surface area contributed by atoms with Crippen molar-refractivity contribution < 1.29 is 23.1 Å². The van der Waals surface area contributed by atoms with Crippen molar-refractivity contribution in [2.45, 2.75) is 38.8 Å². The highest BCUT2D eigenvalue weighted by Crippen LogP contribution is 2.34. The second-order valence-electron chi connectivity index (χ2n) is 8.59. The van der Waals surface area contributed by atoms with Gasteiger partial charge in [-0.3, -0.25) is 9.59 Å². The van der Waals surface area contributed by atoms with Crippen molar-refractivity contribution in [3.05, 3.63) is 87.6 Å². The molecule has 2 atom stereocenters. The molecule has 1 aromatic heterocycles. The van der Waals surface area contributed by atoms with Gasteiger partial charge in [-0.05, 0) is 61.0 Å². The van der Waals surface area contributed by atoms with E-state index in [0.29, 0.717) is 25.1 Å². The van der Waals surface area contributed by atoms with Crippen molar-refractivity contribution in [3.63, 3.8) is 0 Å². The number of amides is 2. The maximum Gasteiger partial charge on any atom is 0.257 e. The van der Waals surface area contributed by atoms with Gasteiger partial charge in [0.2, 0.25) is 5.91 Å². The van der Waals surface area contributed by atoms with Crippen LogP contribution >= 0.6 is 11.3 Å². The first kappa shape index (κ1) is 24.9. The number of hydrogen-bond acceptors (Lipinski definition) is 4. The number of fused-ring (bicyclic) bond motifs is 1. The van der Waals surface area contributed by atoms with Crippen molar-refractivity contribution in [3.8, 4) is 5.75 Å². The fraction of sp³-hybridized carbons (Fsp3) is 0.333. The Hall–Kier alpha value is -3.26. The first-order valence-corrected chi connectivity index (χ1v) is 12.6. The van der Waals surface area contributed by atoms with Gasteiger partial charge < -0.3 is 14.5 Å². The van der Waals surface area contributed by atoms with E-state index >= 15 is 0 Å². The number of rotatable bonds is 8. The van der Waals surface area contributed by atoms with E-state index in [9.17, 15) is 18.4 Å². The molecular formula is C27H28F2N2O3S. The fourth-order valence-corrected chi connectivity index (χ4v) is 5.21. The molecule has 2 amide bonds. The zero-order chi connectivity index (χ0) is 24.9. The van der Waals surface area contributed by atoms with Crippen molar-refractivity contribution in [2.24, 2.45) is 0 Å². The topological polar surface area (TPSA) is 49.9 Å². The second-order valence-corrected chi connectivity index (χ2v) is 9.59. The van der Waals surface area contributed by atoms with E-state index < -0.39 is 17.5 Å². The van der Waals surface area contributed by atoms with Crippen molar-refractivity contribution in [1.29, 1.82) is 0 Å². The normalized spacial score (nSPS) is 15.9. The Morgan fingerprint density at radius 2 is 1.97 bits per heavy atom. The summed E-state index contributed by atoms with van der Waals surface area (Å²) in [5.41, 5.74) is 0.951. The molecule has 0 spiro atoms. The molecule has 0 saturated heterocycles. The first-order chi connectivity index (χ1) is 16.9. The molecule has 0 bridgehead atoms. The van der Waals surface area contributed by atoms with Crippen LogP contribution in [0.3, 0.4) is 0 Å². The molecule has 4 rings (SSSR count). The molecular weight excluding hydrogens is 470 g/mol. The third-order valence-corrected chi connectivity index (χ3v) is 7.41. The molecule has 184 valence electrons. The zero-order valence-corrected chi connectivity index (χ0v) is 20.6. The molecule has 0 aliphatic carbocycles. The maximum atomic E-state index is 14.4. The second kappa shape index (κ2) is 11.0. The van der Waals surface area contributed by atoms with E-state index in [0.717, 1.165) is 5.56 Å². The lowest BCUT2D eigenvalue weighted by Crippen LogP contribution is -2.50. The van der Waals surface area contributed by atoms with E-state index in [1.807, 2.05) is 25.3 Å². The molecule has 3 aromatic rings. The van der Waals surface area contributed by atoms with Crippen LogP contribution < -0.4 is 4.74 Å². The number of ether oxygens (including phenoxy) is 1. The van der Waals surface area contributed by atoms with Crippen LogP contribution in [0.15, 0.2) is 60.0 Å².